The fourth-order valence-corrected chi connectivity index (χ4v) is 2.88. The fraction of sp³-hybridized carbons (Fsp3) is 0.400. The van der Waals surface area contributed by atoms with Crippen molar-refractivity contribution in [1.82, 2.24) is 30.1 Å². The van der Waals surface area contributed by atoms with Crippen LogP contribution < -0.4 is 5.32 Å². The molecule has 1 atom stereocenters. The summed E-state index contributed by atoms with van der Waals surface area (Å²) < 4.78 is 12.6. The van der Waals surface area contributed by atoms with Gasteiger partial charge in [-0.05, 0) is 26.0 Å². The predicted octanol–water partition coefficient (Wildman–Crippen LogP) is 2.56. The number of nitrogens with one attached hydrogen (secondary N) is 1. The molecule has 1 unspecified atom stereocenters. The van der Waals surface area contributed by atoms with E-state index in [1.165, 1.54) is 0 Å². The van der Waals surface area contributed by atoms with Gasteiger partial charge in [0, 0.05) is 39.0 Å². The summed E-state index contributed by atoms with van der Waals surface area (Å²) in [4.78, 5) is 10.7. The zero-order chi connectivity index (χ0) is 20.6. The van der Waals surface area contributed by atoms with Crippen LogP contribution >= 0.6 is 0 Å². The molecule has 3 aromatic rings. The van der Waals surface area contributed by atoms with Crippen LogP contribution in [0.3, 0.4) is 0 Å². The second-order valence-electron chi connectivity index (χ2n) is 6.53. The Bertz CT molecular complexity index is 920. The first kappa shape index (κ1) is 20.5. The molecular weight excluding hydrogens is 370 g/mol. The molecule has 154 valence electrons. The minimum atomic E-state index is -0.194. The highest BCUT2D eigenvalue weighted by Crippen LogP contribution is 2.13. The van der Waals surface area contributed by atoms with E-state index >= 15 is 0 Å². The summed E-state index contributed by atoms with van der Waals surface area (Å²) in [6, 6.07) is 10.0. The third-order valence-electron chi connectivity index (χ3n) is 4.31. The van der Waals surface area contributed by atoms with E-state index in [1.54, 1.807) is 7.05 Å². The van der Waals surface area contributed by atoms with E-state index in [0.717, 1.165) is 17.2 Å². The van der Waals surface area contributed by atoms with Crippen LogP contribution in [-0.2, 0) is 17.8 Å². The van der Waals surface area contributed by atoms with Crippen LogP contribution in [-0.4, -0.2) is 51.5 Å². The molecule has 0 aliphatic heterocycles. The molecule has 2 aromatic heterocycles. The zero-order valence-corrected chi connectivity index (χ0v) is 17.2. The van der Waals surface area contributed by atoms with Gasteiger partial charge in [0.2, 0.25) is 5.89 Å². The fourth-order valence-electron chi connectivity index (χ4n) is 2.88. The first-order chi connectivity index (χ1) is 14.1. The lowest BCUT2D eigenvalue weighted by atomic mass is 10.3. The molecule has 0 spiro atoms. The first-order valence-electron chi connectivity index (χ1n) is 9.55. The third kappa shape index (κ3) is 5.41. The Morgan fingerprint density at radius 3 is 2.86 bits per heavy atom. The molecule has 3 rings (SSSR count). The molecule has 0 amide bonds. The Balaban J connectivity index is 1.56. The van der Waals surface area contributed by atoms with E-state index in [-0.39, 0.29) is 6.10 Å². The van der Waals surface area contributed by atoms with Crippen molar-refractivity contribution in [2.24, 2.45) is 4.99 Å². The Kier molecular flexibility index (Phi) is 6.96. The molecular formula is C20H27N7O2. The van der Waals surface area contributed by atoms with Crippen molar-refractivity contribution in [1.29, 1.82) is 0 Å². The Morgan fingerprint density at radius 2 is 2.14 bits per heavy atom. The Morgan fingerprint density at radius 1 is 1.34 bits per heavy atom. The number of hydrogen-bond acceptors (Lipinski definition) is 6. The van der Waals surface area contributed by atoms with Gasteiger partial charge >= 0.3 is 0 Å². The average molecular weight is 397 g/mol. The summed E-state index contributed by atoms with van der Waals surface area (Å²) in [5.74, 6) is 1.74. The minimum Gasteiger partial charge on any atom is -0.371 e. The Labute approximate surface area is 170 Å². The summed E-state index contributed by atoms with van der Waals surface area (Å²) in [6.07, 6.45) is 3.68. The molecule has 2 heterocycles. The van der Waals surface area contributed by atoms with Gasteiger partial charge in [-0.2, -0.15) is 10.1 Å². The lowest BCUT2D eigenvalue weighted by molar-refractivity contribution is 0.0683. The number of aliphatic imine (C=N–C) groups is 1. The van der Waals surface area contributed by atoms with Gasteiger partial charge in [-0.15, -0.1) is 0 Å². The quantitative estimate of drug-likeness (QED) is 0.461. The number of rotatable bonds is 8. The summed E-state index contributed by atoms with van der Waals surface area (Å²) >= 11 is 0. The summed E-state index contributed by atoms with van der Waals surface area (Å²) in [5, 5.41) is 11.6. The maximum absolute atomic E-state index is 5.48. The van der Waals surface area contributed by atoms with Crippen molar-refractivity contribution in [3.8, 4) is 5.69 Å². The van der Waals surface area contributed by atoms with Gasteiger partial charge in [-0.25, -0.2) is 4.68 Å². The molecule has 0 aliphatic rings. The highest BCUT2D eigenvalue weighted by molar-refractivity contribution is 5.79. The van der Waals surface area contributed by atoms with Gasteiger partial charge < -0.3 is 19.5 Å². The van der Waals surface area contributed by atoms with Crippen LogP contribution in [0.5, 0.6) is 0 Å². The molecule has 1 N–H and O–H groups in total. The smallest absolute Gasteiger partial charge is 0.246 e. The van der Waals surface area contributed by atoms with Crippen LogP contribution in [0.25, 0.3) is 5.69 Å². The largest absolute Gasteiger partial charge is 0.371 e. The summed E-state index contributed by atoms with van der Waals surface area (Å²) in [6.45, 7) is 5.47. The van der Waals surface area contributed by atoms with E-state index in [0.29, 0.717) is 31.4 Å². The number of ether oxygens (including phenoxy) is 1. The van der Waals surface area contributed by atoms with E-state index in [4.69, 9.17) is 9.26 Å². The molecule has 0 aliphatic carbocycles. The molecule has 0 saturated heterocycles. The van der Waals surface area contributed by atoms with Gasteiger partial charge in [0.1, 0.15) is 6.10 Å². The SMILES string of the molecule is CCOC(C)c1noc(CNC(=NC)N(C)Cc2cnn(-c3ccccc3)c2)n1. The number of aromatic nitrogens is 4. The van der Waals surface area contributed by atoms with E-state index < -0.39 is 0 Å². The van der Waals surface area contributed by atoms with Gasteiger partial charge in [-0.3, -0.25) is 4.99 Å². The van der Waals surface area contributed by atoms with E-state index in [9.17, 15) is 0 Å². The monoisotopic (exact) mass is 397 g/mol. The topological polar surface area (TPSA) is 93.6 Å². The molecule has 9 heteroatoms. The van der Waals surface area contributed by atoms with E-state index in [2.05, 4.69) is 25.5 Å². The van der Waals surface area contributed by atoms with Crippen LogP contribution in [0, 0.1) is 0 Å². The summed E-state index contributed by atoms with van der Waals surface area (Å²) in [5.41, 5.74) is 2.10. The summed E-state index contributed by atoms with van der Waals surface area (Å²) in [7, 11) is 3.70. The number of hydrogen-bond donors (Lipinski definition) is 1. The molecule has 0 radical (unpaired) electrons. The molecule has 0 saturated carbocycles. The van der Waals surface area contributed by atoms with Gasteiger partial charge in [0.15, 0.2) is 11.8 Å². The van der Waals surface area contributed by atoms with Crippen molar-refractivity contribution in [3.05, 3.63) is 60.0 Å². The van der Waals surface area contributed by atoms with Crippen molar-refractivity contribution in [3.63, 3.8) is 0 Å². The van der Waals surface area contributed by atoms with Crippen LogP contribution in [0.15, 0.2) is 52.2 Å². The van der Waals surface area contributed by atoms with Crippen molar-refractivity contribution in [2.45, 2.75) is 33.0 Å². The molecule has 29 heavy (non-hydrogen) atoms. The highest BCUT2D eigenvalue weighted by Gasteiger charge is 2.15. The average Bonchev–Trinajstić information content (AvgIpc) is 3.39. The van der Waals surface area contributed by atoms with E-state index in [1.807, 2.05) is 73.2 Å². The predicted molar refractivity (Wildman–Crippen MR) is 110 cm³/mol. The van der Waals surface area contributed by atoms with Gasteiger partial charge in [-0.1, -0.05) is 23.4 Å². The number of guanidine groups is 1. The first-order valence-corrected chi connectivity index (χ1v) is 9.55. The number of nitrogens with zero attached hydrogens (tertiary/aromatic N) is 6. The van der Waals surface area contributed by atoms with Crippen LogP contribution in [0.2, 0.25) is 0 Å². The van der Waals surface area contributed by atoms with Crippen molar-refractivity contribution >= 4 is 5.96 Å². The highest BCUT2D eigenvalue weighted by atomic mass is 16.5. The maximum atomic E-state index is 5.48. The molecule has 0 bridgehead atoms. The molecule has 0 fully saturated rings. The lowest BCUT2D eigenvalue weighted by Crippen LogP contribution is -2.38. The lowest BCUT2D eigenvalue weighted by Gasteiger charge is -2.20. The molecule has 1 aromatic carbocycles. The second-order valence-corrected chi connectivity index (χ2v) is 6.53. The second kappa shape index (κ2) is 9.83. The van der Waals surface area contributed by atoms with Gasteiger partial charge in [0.05, 0.1) is 18.4 Å². The zero-order valence-electron chi connectivity index (χ0n) is 17.2. The Hall–Kier alpha value is -3.20. The normalized spacial score (nSPS) is 12.8. The van der Waals surface area contributed by atoms with Crippen molar-refractivity contribution in [2.75, 3.05) is 20.7 Å². The van der Waals surface area contributed by atoms with Crippen LogP contribution in [0.4, 0.5) is 0 Å². The van der Waals surface area contributed by atoms with Crippen LogP contribution in [0.1, 0.15) is 37.2 Å². The van der Waals surface area contributed by atoms with Crippen molar-refractivity contribution < 1.29 is 9.26 Å². The minimum absolute atomic E-state index is 0.194. The number of para-hydroxylation sites is 1. The van der Waals surface area contributed by atoms with Gasteiger partial charge in [0.25, 0.3) is 0 Å². The third-order valence-corrected chi connectivity index (χ3v) is 4.31. The maximum Gasteiger partial charge on any atom is 0.246 e. The number of benzene rings is 1. The standard InChI is InChI=1S/C20H27N7O2/c1-5-28-15(2)19-24-18(29-25-19)12-22-20(21-3)26(4)13-16-11-23-27(14-16)17-9-7-6-8-10-17/h6-11,14-15H,5,12-13H2,1-4H3,(H,21,22). The molecule has 9 nitrogen and oxygen atoms in total.